The van der Waals surface area contributed by atoms with Crippen molar-refractivity contribution in [2.45, 2.75) is 45.1 Å². The van der Waals surface area contributed by atoms with Gasteiger partial charge in [0, 0.05) is 23.7 Å². The molecule has 1 aromatic carbocycles. The Bertz CT molecular complexity index is 647. The van der Waals surface area contributed by atoms with Crippen molar-refractivity contribution in [2.24, 2.45) is 0 Å². The molecule has 1 amide bonds. The molecule has 0 saturated carbocycles. The molecule has 5 heteroatoms. The summed E-state index contributed by atoms with van der Waals surface area (Å²) in [5.41, 5.74) is 7.85. The van der Waals surface area contributed by atoms with E-state index in [1.54, 1.807) is 0 Å². The van der Waals surface area contributed by atoms with Gasteiger partial charge in [-0.15, -0.1) is 0 Å². The number of rotatable bonds is 3. The lowest BCUT2D eigenvalue weighted by Gasteiger charge is -2.35. The van der Waals surface area contributed by atoms with Crippen LogP contribution in [-0.4, -0.2) is 33.6 Å². The Labute approximate surface area is 124 Å². The second-order valence-corrected chi connectivity index (χ2v) is 5.81. The van der Waals surface area contributed by atoms with Crippen LogP contribution in [0.25, 0.3) is 10.9 Å². The number of hydrogen-bond acceptors (Lipinski definition) is 3. The number of carbonyl (C=O) groups is 1. The molecule has 2 aromatic rings. The van der Waals surface area contributed by atoms with Gasteiger partial charge in [-0.05, 0) is 43.9 Å². The minimum atomic E-state index is 0.0324. The molecule has 2 heterocycles. The summed E-state index contributed by atoms with van der Waals surface area (Å²) in [4.78, 5) is 14.9. The number of piperidine rings is 1. The highest BCUT2D eigenvalue weighted by Gasteiger charge is 2.29. The number of hydrogen-bond donors (Lipinski definition) is 2. The van der Waals surface area contributed by atoms with Crippen molar-refractivity contribution in [3.05, 3.63) is 23.9 Å². The average molecular weight is 286 g/mol. The van der Waals surface area contributed by atoms with Crippen molar-refractivity contribution in [1.82, 2.24) is 15.1 Å². The number of aromatic nitrogens is 2. The molecule has 0 radical (unpaired) electrons. The number of nitrogens with one attached hydrogen (secondary N) is 1. The van der Waals surface area contributed by atoms with Crippen LogP contribution in [0.1, 0.15) is 49.5 Å². The monoisotopic (exact) mass is 286 g/mol. The molecule has 1 aliphatic rings. The van der Waals surface area contributed by atoms with Gasteiger partial charge in [0.1, 0.15) is 0 Å². The lowest BCUT2D eigenvalue weighted by molar-refractivity contribution is 0.0596. The van der Waals surface area contributed by atoms with Crippen LogP contribution < -0.4 is 5.73 Å². The average Bonchev–Trinajstić information content (AvgIpc) is 2.90. The first-order valence-electron chi connectivity index (χ1n) is 7.75. The molecule has 21 heavy (non-hydrogen) atoms. The molecule has 1 fully saturated rings. The third-order valence-electron chi connectivity index (χ3n) is 4.30. The first-order chi connectivity index (χ1) is 10.2. The molecule has 112 valence electrons. The number of carbonyl (C=O) groups excluding carboxylic acids is 1. The highest BCUT2D eigenvalue weighted by Crippen LogP contribution is 2.25. The zero-order chi connectivity index (χ0) is 14.8. The second kappa shape index (κ2) is 5.76. The molecule has 3 N–H and O–H groups in total. The highest BCUT2D eigenvalue weighted by molar-refractivity contribution is 6.05. The number of anilines is 1. The summed E-state index contributed by atoms with van der Waals surface area (Å²) in [6.45, 7) is 3.00. The number of likely N-dealkylation sites (tertiary alicyclic amines) is 1. The molecule has 3 rings (SSSR count). The maximum Gasteiger partial charge on any atom is 0.275 e. The van der Waals surface area contributed by atoms with E-state index >= 15 is 0 Å². The lowest BCUT2D eigenvalue weighted by atomic mass is 9.97. The molecule has 1 aliphatic heterocycles. The van der Waals surface area contributed by atoms with Gasteiger partial charge in [0.05, 0.1) is 5.52 Å². The van der Waals surface area contributed by atoms with Crippen LogP contribution in [0.3, 0.4) is 0 Å². The summed E-state index contributed by atoms with van der Waals surface area (Å²) in [5, 5.41) is 7.98. The van der Waals surface area contributed by atoms with Gasteiger partial charge in [-0.1, -0.05) is 13.3 Å². The molecule has 1 atom stereocenters. The quantitative estimate of drug-likeness (QED) is 0.852. The van der Waals surface area contributed by atoms with Gasteiger partial charge >= 0.3 is 0 Å². The molecule has 1 unspecified atom stereocenters. The number of nitrogens with zero attached hydrogens (tertiary/aromatic N) is 2. The molecule has 1 aromatic heterocycles. The van der Waals surface area contributed by atoms with E-state index in [1.807, 2.05) is 23.1 Å². The number of nitrogens with two attached hydrogens (primary N) is 1. The molecule has 1 saturated heterocycles. The Balaban J connectivity index is 1.93. The number of nitrogen functional groups attached to an aromatic ring is 1. The minimum absolute atomic E-state index is 0.0324. The molecular weight excluding hydrogens is 264 g/mol. The van der Waals surface area contributed by atoms with Gasteiger partial charge in [-0.25, -0.2) is 0 Å². The van der Waals surface area contributed by atoms with Gasteiger partial charge in [-0.3, -0.25) is 9.89 Å². The van der Waals surface area contributed by atoms with Crippen molar-refractivity contribution >= 4 is 22.5 Å². The molecular formula is C16H22N4O. The Hall–Kier alpha value is -2.04. The van der Waals surface area contributed by atoms with Crippen LogP contribution in [0.15, 0.2) is 18.2 Å². The summed E-state index contributed by atoms with van der Waals surface area (Å²) in [7, 11) is 0. The number of aromatic amines is 1. The van der Waals surface area contributed by atoms with Gasteiger partial charge in [0.15, 0.2) is 5.69 Å². The maximum atomic E-state index is 12.9. The van der Waals surface area contributed by atoms with Crippen LogP contribution in [-0.2, 0) is 0 Å². The van der Waals surface area contributed by atoms with E-state index in [0.29, 0.717) is 17.4 Å². The number of amides is 1. The van der Waals surface area contributed by atoms with Crippen molar-refractivity contribution in [2.75, 3.05) is 12.3 Å². The number of benzene rings is 1. The van der Waals surface area contributed by atoms with Crippen LogP contribution in [0.2, 0.25) is 0 Å². The molecule has 0 aliphatic carbocycles. The summed E-state index contributed by atoms with van der Waals surface area (Å²) in [5.74, 6) is 0.0324. The Morgan fingerprint density at radius 2 is 2.33 bits per heavy atom. The summed E-state index contributed by atoms with van der Waals surface area (Å²) >= 11 is 0. The van der Waals surface area contributed by atoms with Crippen LogP contribution in [0.4, 0.5) is 5.69 Å². The minimum Gasteiger partial charge on any atom is -0.399 e. The predicted molar refractivity (Wildman–Crippen MR) is 84.1 cm³/mol. The zero-order valence-corrected chi connectivity index (χ0v) is 12.4. The fraction of sp³-hybridized carbons (Fsp3) is 0.500. The molecule has 0 spiro atoms. The summed E-state index contributed by atoms with van der Waals surface area (Å²) in [6.07, 6.45) is 5.56. The smallest absolute Gasteiger partial charge is 0.275 e. The number of H-pyrrole nitrogens is 1. The van der Waals surface area contributed by atoms with E-state index in [0.717, 1.165) is 43.1 Å². The number of fused-ring (bicyclic) bond motifs is 1. The normalized spacial score (nSPS) is 19.1. The van der Waals surface area contributed by atoms with Crippen molar-refractivity contribution in [3.8, 4) is 0 Å². The standard InChI is InChI=1S/C16H22N4O/c1-2-5-12-6-3-4-9-20(12)16(21)15-13-10-11(17)7-8-14(13)18-19-15/h7-8,10,12H,2-6,9,17H2,1H3,(H,18,19). The highest BCUT2D eigenvalue weighted by atomic mass is 16.2. The van der Waals surface area contributed by atoms with Crippen LogP contribution >= 0.6 is 0 Å². The Morgan fingerprint density at radius 1 is 1.48 bits per heavy atom. The second-order valence-electron chi connectivity index (χ2n) is 5.81. The first-order valence-corrected chi connectivity index (χ1v) is 7.75. The van der Waals surface area contributed by atoms with Gasteiger partial charge in [0.25, 0.3) is 5.91 Å². The van der Waals surface area contributed by atoms with Gasteiger partial charge in [0.2, 0.25) is 0 Å². The first kappa shape index (κ1) is 13.9. The predicted octanol–water partition coefficient (Wildman–Crippen LogP) is 2.94. The third kappa shape index (κ3) is 2.60. The van der Waals surface area contributed by atoms with Crippen LogP contribution in [0.5, 0.6) is 0 Å². The largest absolute Gasteiger partial charge is 0.399 e. The van der Waals surface area contributed by atoms with E-state index in [-0.39, 0.29) is 5.91 Å². The summed E-state index contributed by atoms with van der Waals surface area (Å²) < 4.78 is 0. The van der Waals surface area contributed by atoms with E-state index in [2.05, 4.69) is 17.1 Å². The van der Waals surface area contributed by atoms with E-state index in [9.17, 15) is 4.79 Å². The fourth-order valence-corrected chi connectivity index (χ4v) is 3.23. The van der Waals surface area contributed by atoms with Gasteiger partial charge in [-0.2, -0.15) is 5.10 Å². The third-order valence-corrected chi connectivity index (χ3v) is 4.30. The zero-order valence-electron chi connectivity index (χ0n) is 12.4. The SMILES string of the molecule is CCCC1CCCCN1C(=O)c1n[nH]c2ccc(N)cc12. The van der Waals surface area contributed by atoms with E-state index in [4.69, 9.17) is 5.73 Å². The summed E-state index contributed by atoms with van der Waals surface area (Å²) in [6, 6.07) is 5.86. The maximum absolute atomic E-state index is 12.9. The fourth-order valence-electron chi connectivity index (χ4n) is 3.23. The lowest BCUT2D eigenvalue weighted by Crippen LogP contribution is -2.43. The van der Waals surface area contributed by atoms with Crippen molar-refractivity contribution in [3.63, 3.8) is 0 Å². The van der Waals surface area contributed by atoms with Crippen molar-refractivity contribution in [1.29, 1.82) is 0 Å². The van der Waals surface area contributed by atoms with Crippen molar-refractivity contribution < 1.29 is 4.79 Å². The Kier molecular flexibility index (Phi) is 3.82. The Morgan fingerprint density at radius 3 is 3.14 bits per heavy atom. The molecule has 0 bridgehead atoms. The van der Waals surface area contributed by atoms with E-state index < -0.39 is 0 Å². The molecule has 5 nitrogen and oxygen atoms in total. The van der Waals surface area contributed by atoms with Crippen LogP contribution in [0, 0.1) is 0 Å². The topological polar surface area (TPSA) is 75.0 Å². The van der Waals surface area contributed by atoms with Gasteiger partial charge < -0.3 is 10.6 Å². The van der Waals surface area contributed by atoms with E-state index in [1.165, 1.54) is 6.42 Å².